The van der Waals surface area contributed by atoms with E-state index in [2.05, 4.69) is 6.92 Å². The highest BCUT2D eigenvalue weighted by Crippen LogP contribution is 2.49. The molecule has 0 radical (unpaired) electrons. The molecule has 0 aromatic heterocycles. The van der Waals surface area contributed by atoms with Gasteiger partial charge in [-0.3, -0.25) is 0 Å². The number of alkyl halides is 1. The second kappa shape index (κ2) is 5.11. The van der Waals surface area contributed by atoms with Crippen LogP contribution < -0.4 is 5.73 Å². The van der Waals surface area contributed by atoms with Crippen molar-refractivity contribution < 1.29 is 4.39 Å². The van der Waals surface area contributed by atoms with Crippen LogP contribution in [0, 0.1) is 0 Å². The van der Waals surface area contributed by atoms with E-state index in [1.807, 2.05) is 30.3 Å². The van der Waals surface area contributed by atoms with Crippen LogP contribution in [0.5, 0.6) is 0 Å². The quantitative estimate of drug-likeness (QED) is 0.771. The predicted octanol–water partition coefficient (Wildman–Crippen LogP) is 3.00. The summed E-state index contributed by atoms with van der Waals surface area (Å²) in [6, 6.07) is 9.39. The van der Waals surface area contributed by atoms with Crippen LogP contribution in [0.2, 0.25) is 0 Å². The molecule has 1 aliphatic carbocycles. The maximum atomic E-state index is 13.2. The Morgan fingerprint density at radius 2 is 1.79 bits per heavy atom. The summed E-state index contributed by atoms with van der Waals surface area (Å²) in [6.45, 7) is 2.88. The molecule has 14 heavy (non-hydrogen) atoms. The standard InChI is InChI=1S/C9H9F.C3H9N/c10-9(6-7-9)8-4-2-1-3-5-8;1-2-3-4/h1-5H,6-7H2;2-4H2,1H3. The van der Waals surface area contributed by atoms with Gasteiger partial charge in [-0.1, -0.05) is 37.3 Å². The zero-order valence-corrected chi connectivity index (χ0v) is 8.67. The van der Waals surface area contributed by atoms with E-state index >= 15 is 0 Å². The van der Waals surface area contributed by atoms with Crippen molar-refractivity contribution in [3.05, 3.63) is 35.9 Å². The zero-order valence-electron chi connectivity index (χ0n) is 8.67. The molecule has 1 saturated carbocycles. The predicted molar refractivity (Wildman–Crippen MR) is 57.8 cm³/mol. The molecule has 1 nitrogen and oxygen atoms in total. The van der Waals surface area contributed by atoms with Gasteiger partial charge in [0.2, 0.25) is 0 Å². The average molecular weight is 195 g/mol. The normalized spacial score (nSPS) is 16.8. The Morgan fingerprint density at radius 1 is 1.29 bits per heavy atom. The minimum absolute atomic E-state index is 0.705. The van der Waals surface area contributed by atoms with Gasteiger partial charge in [0.1, 0.15) is 5.67 Å². The van der Waals surface area contributed by atoms with E-state index in [4.69, 9.17) is 5.73 Å². The first-order valence-corrected chi connectivity index (χ1v) is 5.17. The van der Waals surface area contributed by atoms with E-state index in [1.54, 1.807) is 0 Å². The van der Waals surface area contributed by atoms with Gasteiger partial charge in [0.25, 0.3) is 0 Å². The molecule has 2 rings (SSSR count). The number of nitrogens with two attached hydrogens (primary N) is 1. The summed E-state index contributed by atoms with van der Waals surface area (Å²) in [5.74, 6) is 0. The monoisotopic (exact) mass is 195 g/mol. The van der Waals surface area contributed by atoms with E-state index in [0.717, 1.165) is 18.5 Å². The number of benzene rings is 1. The highest BCUT2D eigenvalue weighted by molar-refractivity contribution is 5.26. The van der Waals surface area contributed by atoms with Gasteiger partial charge < -0.3 is 5.73 Å². The van der Waals surface area contributed by atoms with Gasteiger partial charge in [-0.05, 0) is 31.4 Å². The van der Waals surface area contributed by atoms with E-state index in [0.29, 0.717) is 12.8 Å². The Balaban J connectivity index is 0.000000213. The molecule has 1 aromatic rings. The Labute approximate surface area is 85.1 Å². The van der Waals surface area contributed by atoms with E-state index in [1.165, 1.54) is 0 Å². The van der Waals surface area contributed by atoms with Crippen LogP contribution >= 0.6 is 0 Å². The molecule has 2 heteroatoms. The van der Waals surface area contributed by atoms with Crippen LogP contribution in [-0.4, -0.2) is 6.54 Å². The first-order chi connectivity index (χ1) is 6.73. The lowest BCUT2D eigenvalue weighted by atomic mass is 10.1. The number of halogens is 1. The van der Waals surface area contributed by atoms with Crippen molar-refractivity contribution in [3.8, 4) is 0 Å². The summed E-state index contributed by atoms with van der Waals surface area (Å²) in [5, 5.41) is 0. The molecule has 0 aliphatic heterocycles. The van der Waals surface area contributed by atoms with Crippen molar-refractivity contribution in [1.82, 2.24) is 0 Å². The molecule has 0 spiro atoms. The fraction of sp³-hybridized carbons (Fsp3) is 0.500. The lowest BCUT2D eigenvalue weighted by Gasteiger charge is -2.02. The lowest BCUT2D eigenvalue weighted by Crippen LogP contribution is -1.95. The zero-order chi connectivity index (χ0) is 10.4. The molecule has 1 aliphatic rings. The van der Waals surface area contributed by atoms with Crippen molar-refractivity contribution >= 4 is 0 Å². The van der Waals surface area contributed by atoms with Gasteiger partial charge in [0, 0.05) is 0 Å². The number of rotatable bonds is 2. The lowest BCUT2D eigenvalue weighted by molar-refractivity contribution is 0.317. The third kappa shape index (κ3) is 3.11. The van der Waals surface area contributed by atoms with Gasteiger partial charge in [-0.25, -0.2) is 4.39 Å². The Morgan fingerprint density at radius 3 is 2.14 bits per heavy atom. The molecule has 0 amide bonds. The molecular weight excluding hydrogens is 177 g/mol. The summed E-state index contributed by atoms with van der Waals surface area (Å²) in [5.41, 5.74) is 4.91. The fourth-order valence-electron chi connectivity index (χ4n) is 1.14. The Hall–Kier alpha value is -0.890. The Kier molecular flexibility index (Phi) is 4.08. The van der Waals surface area contributed by atoms with E-state index in [-0.39, 0.29) is 0 Å². The average Bonchev–Trinajstić information content (AvgIpc) is 3.00. The van der Waals surface area contributed by atoms with Crippen LogP contribution in [0.25, 0.3) is 0 Å². The van der Waals surface area contributed by atoms with Gasteiger partial charge >= 0.3 is 0 Å². The van der Waals surface area contributed by atoms with Crippen LogP contribution in [0.3, 0.4) is 0 Å². The van der Waals surface area contributed by atoms with Crippen molar-refractivity contribution in [2.75, 3.05) is 6.54 Å². The molecular formula is C12H18FN. The van der Waals surface area contributed by atoms with E-state index < -0.39 is 5.67 Å². The third-order valence-corrected chi connectivity index (χ3v) is 2.27. The topological polar surface area (TPSA) is 26.0 Å². The molecule has 1 aromatic carbocycles. The highest BCUT2D eigenvalue weighted by atomic mass is 19.1. The molecule has 0 bridgehead atoms. The molecule has 0 atom stereocenters. The van der Waals surface area contributed by atoms with Crippen LogP contribution in [0.15, 0.2) is 30.3 Å². The van der Waals surface area contributed by atoms with E-state index in [9.17, 15) is 4.39 Å². The first kappa shape index (κ1) is 11.2. The van der Waals surface area contributed by atoms with Crippen LogP contribution in [-0.2, 0) is 5.67 Å². The fourth-order valence-corrected chi connectivity index (χ4v) is 1.14. The largest absolute Gasteiger partial charge is 0.330 e. The second-order valence-electron chi connectivity index (χ2n) is 3.62. The maximum Gasteiger partial charge on any atom is 0.136 e. The molecule has 2 N–H and O–H groups in total. The minimum Gasteiger partial charge on any atom is -0.330 e. The Bertz CT molecular complexity index is 252. The summed E-state index contributed by atoms with van der Waals surface area (Å²) in [7, 11) is 0. The molecule has 0 heterocycles. The summed E-state index contributed by atoms with van der Waals surface area (Å²) >= 11 is 0. The van der Waals surface area contributed by atoms with Crippen molar-refractivity contribution in [3.63, 3.8) is 0 Å². The summed E-state index contributed by atoms with van der Waals surface area (Å²) in [4.78, 5) is 0. The highest BCUT2D eigenvalue weighted by Gasteiger charge is 2.44. The summed E-state index contributed by atoms with van der Waals surface area (Å²) in [6.07, 6.45) is 2.51. The van der Waals surface area contributed by atoms with Gasteiger partial charge in [-0.15, -0.1) is 0 Å². The van der Waals surface area contributed by atoms with Crippen molar-refractivity contribution in [1.29, 1.82) is 0 Å². The second-order valence-corrected chi connectivity index (χ2v) is 3.62. The molecule has 0 saturated heterocycles. The molecule has 0 unspecified atom stereocenters. The molecule has 1 fully saturated rings. The third-order valence-electron chi connectivity index (χ3n) is 2.27. The minimum atomic E-state index is -0.957. The SMILES string of the molecule is CCCN.FC1(c2ccccc2)CC1. The van der Waals surface area contributed by atoms with Crippen molar-refractivity contribution in [2.45, 2.75) is 31.9 Å². The van der Waals surface area contributed by atoms with Crippen molar-refractivity contribution in [2.24, 2.45) is 5.73 Å². The number of hydrogen-bond acceptors (Lipinski definition) is 1. The van der Waals surface area contributed by atoms with Gasteiger partial charge in [0.15, 0.2) is 0 Å². The molecule has 78 valence electrons. The maximum absolute atomic E-state index is 13.2. The van der Waals surface area contributed by atoms with Gasteiger partial charge in [-0.2, -0.15) is 0 Å². The first-order valence-electron chi connectivity index (χ1n) is 5.17. The smallest absolute Gasteiger partial charge is 0.136 e. The van der Waals surface area contributed by atoms with Gasteiger partial charge in [0.05, 0.1) is 0 Å². The number of hydrogen-bond donors (Lipinski definition) is 1. The summed E-state index contributed by atoms with van der Waals surface area (Å²) < 4.78 is 13.2. The van der Waals surface area contributed by atoms with Crippen LogP contribution in [0.4, 0.5) is 4.39 Å². The van der Waals surface area contributed by atoms with Crippen LogP contribution in [0.1, 0.15) is 31.7 Å².